The first-order valence-electron chi connectivity index (χ1n) is 8.07. The van der Waals surface area contributed by atoms with Crippen molar-refractivity contribution in [2.75, 3.05) is 13.2 Å². The van der Waals surface area contributed by atoms with E-state index in [2.05, 4.69) is 4.98 Å². The quantitative estimate of drug-likeness (QED) is 0.373. The summed E-state index contributed by atoms with van der Waals surface area (Å²) < 4.78 is 7.46. The molecule has 0 saturated heterocycles. The zero-order valence-corrected chi connectivity index (χ0v) is 19.6. The van der Waals surface area contributed by atoms with E-state index in [-0.39, 0.29) is 56.2 Å². The molecule has 0 unspecified atom stereocenters. The Morgan fingerprint density at radius 1 is 1.36 bits per heavy atom. The number of ether oxygens (including phenoxy) is 1. The molecule has 7 nitrogen and oxygen atoms in total. The number of aliphatic hydroxyl groups is 1. The van der Waals surface area contributed by atoms with E-state index in [1.54, 1.807) is 0 Å². The van der Waals surface area contributed by atoms with E-state index in [0.29, 0.717) is 37.3 Å². The molecule has 1 radical (unpaired) electrons. The molecule has 0 atom stereocenters. The van der Waals surface area contributed by atoms with Crippen molar-refractivity contribution in [3.8, 4) is 5.88 Å². The Balaban J connectivity index is 0.00000312. The fourth-order valence-electron chi connectivity index (χ4n) is 2.98. The Kier molecular flexibility index (Phi) is 8.52. The number of carbonyl (C=O) groups is 2. The molecule has 0 aliphatic rings. The molecule has 2 aromatic rings. The van der Waals surface area contributed by atoms with Crippen molar-refractivity contribution in [3.05, 3.63) is 28.7 Å². The fraction of sp³-hybridized carbons (Fsp3) is 0.471. The summed E-state index contributed by atoms with van der Waals surface area (Å²) in [4.78, 5) is 28.4. The van der Waals surface area contributed by atoms with E-state index in [9.17, 15) is 9.59 Å². The number of ketones is 1. The number of carbonyl (C=O) groups excluding carboxylic acids is 2. The van der Waals surface area contributed by atoms with Gasteiger partial charge < -0.3 is 20.0 Å². The average Bonchev–Trinajstić information content (AvgIpc) is 2.85. The van der Waals surface area contributed by atoms with Crippen LogP contribution in [0.25, 0.3) is 5.52 Å². The predicted octanol–water partition coefficient (Wildman–Crippen LogP) is 1.20. The van der Waals surface area contributed by atoms with E-state index >= 15 is 0 Å². The number of aryl methyl sites for hydroxylation is 2. The van der Waals surface area contributed by atoms with Crippen LogP contribution in [0.5, 0.6) is 5.88 Å². The Bertz CT molecular complexity index is 786. The van der Waals surface area contributed by atoms with E-state index in [1.807, 2.05) is 31.4 Å². The summed E-state index contributed by atoms with van der Waals surface area (Å²) >= 11 is 0. The van der Waals surface area contributed by atoms with Gasteiger partial charge in [-0.3, -0.25) is 9.59 Å². The van der Waals surface area contributed by atoms with Crippen LogP contribution in [-0.4, -0.2) is 39.4 Å². The van der Waals surface area contributed by atoms with Crippen LogP contribution in [0.3, 0.4) is 0 Å². The van der Waals surface area contributed by atoms with Crippen molar-refractivity contribution in [1.82, 2.24) is 9.38 Å². The van der Waals surface area contributed by atoms with Gasteiger partial charge in [0.2, 0.25) is 5.88 Å². The SMILES string of the molecule is CCOc1nc(C)cn2c(CC)c(CCCO)c(C(=O)C(N)=O)c12.[Ac]. The monoisotopic (exact) mass is 560 g/mol. The second-order valence-electron chi connectivity index (χ2n) is 5.51. The smallest absolute Gasteiger partial charge is 0.289 e. The van der Waals surface area contributed by atoms with Gasteiger partial charge in [0.25, 0.3) is 11.7 Å². The van der Waals surface area contributed by atoms with Crippen molar-refractivity contribution < 1.29 is 63.5 Å². The first-order chi connectivity index (χ1) is 11.5. The van der Waals surface area contributed by atoms with Crippen LogP contribution in [0.15, 0.2) is 6.20 Å². The van der Waals surface area contributed by atoms with Crippen molar-refractivity contribution in [3.63, 3.8) is 0 Å². The molecule has 0 fully saturated rings. The molecular formula is C17H23AcN3O4. The summed E-state index contributed by atoms with van der Waals surface area (Å²) in [5.41, 5.74) is 8.32. The second kappa shape index (κ2) is 9.65. The van der Waals surface area contributed by atoms with Gasteiger partial charge in [0.1, 0.15) is 5.52 Å². The fourth-order valence-corrected chi connectivity index (χ4v) is 2.98. The predicted molar refractivity (Wildman–Crippen MR) is 89.4 cm³/mol. The third-order valence-electron chi connectivity index (χ3n) is 3.87. The maximum Gasteiger partial charge on any atom is 0.289 e. The molecule has 3 N–H and O–H groups in total. The molecule has 2 aromatic heterocycles. The third-order valence-corrected chi connectivity index (χ3v) is 3.87. The van der Waals surface area contributed by atoms with Gasteiger partial charge in [-0.25, -0.2) is 4.98 Å². The first kappa shape index (κ1) is 22.1. The summed E-state index contributed by atoms with van der Waals surface area (Å²) in [5.74, 6) is -1.46. The minimum Gasteiger partial charge on any atom is -0.476 e. The van der Waals surface area contributed by atoms with Gasteiger partial charge in [-0.15, -0.1) is 0 Å². The number of nitrogens with two attached hydrogens (primary N) is 1. The average molecular weight is 560 g/mol. The number of aliphatic hydroxyl groups excluding tert-OH is 1. The van der Waals surface area contributed by atoms with Gasteiger partial charge in [-0.2, -0.15) is 0 Å². The number of fused-ring (bicyclic) bond motifs is 1. The molecule has 0 saturated carbocycles. The largest absolute Gasteiger partial charge is 0.476 e. The van der Waals surface area contributed by atoms with Crippen LogP contribution in [-0.2, 0) is 17.6 Å². The molecule has 0 aromatic carbocycles. The van der Waals surface area contributed by atoms with E-state index in [4.69, 9.17) is 15.6 Å². The minimum atomic E-state index is -1.02. The molecule has 2 rings (SSSR count). The van der Waals surface area contributed by atoms with Crippen LogP contribution in [0.4, 0.5) is 0 Å². The number of nitrogens with zero attached hydrogens (tertiary/aromatic N) is 2. The van der Waals surface area contributed by atoms with Crippen molar-refractivity contribution in [1.29, 1.82) is 0 Å². The summed E-state index contributed by atoms with van der Waals surface area (Å²) in [5, 5.41) is 9.17. The van der Waals surface area contributed by atoms with Gasteiger partial charge >= 0.3 is 0 Å². The van der Waals surface area contributed by atoms with Crippen molar-refractivity contribution in [2.45, 2.75) is 40.0 Å². The molecule has 1 amide bonds. The molecule has 133 valence electrons. The number of aromatic nitrogens is 2. The second-order valence-corrected chi connectivity index (χ2v) is 5.51. The Morgan fingerprint density at radius 2 is 2.04 bits per heavy atom. The van der Waals surface area contributed by atoms with Crippen LogP contribution in [0, 0.1) is 51.0 Å². The zero-order chi connectivity index (χ0) is 17.9. The standard InChI is InChI=1S/C17H23N3O4.Ac/c1-4-12-11(7-6-8-21)13(15(22)16(18)23)14-17(24-5-2)19-10(3)9-20(12)14;/h9,21H,4-8H2,1-3H3,(H2,18,23);. The molecule has 0 bridgehead atoms. The van der Waals surface area contributed by atoms with Gasteiger partial charge in [0, 0.05) is 62.6 Å². The van der Waals surface area contributed by atoms with Crippen LogP contribution < -0.4 is 10.5 Å². The molecule has 25 heavy (non-hydrogen) atoms. The van der Waals surface area contributed by atoms with Crippen LogP contribution in [0.2, 0.25) is 0 Å². The Morgan fingerprint density at radius 3 is 2.56 bits per heavy atom. The molecule has 0 aliphatic carbocycles. The van der Waals surface area contributed by atoms with Gasteiger partial charge in [-0.1, -0.05) is 6.92 Å². The molecule has 8 heteroatoms. The van der Waals surface area contributed by atoms with E-state index in [0.717, 1.165) is 17.0 Å². The maximum absolute atomic E-state index is 12.5. The summed E-state index contributed by atoms with van der Waals surface area (Å²) in [6.07, 6.45) is 3.43. The Labute approximate surface area is 182 Å². The molecule has 0 aliphatic heterocycles. The first-order valence-corrected chi connectivity index (χ1v) is 8.07. The zero-order valence-electron chi connectivity index (χ0n) is 14.8. The summed E-state index contributed by atoms with van der Waals surface area (Å²) in [6, 6.07) is 0. The number of hydrogen-bond acceptors (Lipinski definition) is 5. The topological polar surface area (TPSA) is 107 Å². The number of Topliss-reactive ketones (excluding diaryl/α,β-unsaturated/α-hetero) is 1. The van der Waals surface area contributed by atoms with Crippen LogP contribution in [0.1, 0.15) is 47.6 Å². The molecule has 0 spiro atoms. The van der Waals surface area contributed by atoms with E-state index in [1.165, 1.54) is 0 Å². The van der Waals surface area contributed by atoms with Gasteiger partial charge in [-0.05, 0) is 38.7 Å². The van der Waals surface area contributed by atoms with Crippen LogP contribution >= 0.6 is 0 Å². The van der Waals surface area contributed by atoms with Gasteiger partial charge in [0.05, 0.1) is 17.9 Å². The number of amides is 1. The van der Waals surface area contributed by atoms with Crippen molar-refractivity contribution >= 4 is 17.2 Å². The normalized spacial score (nSPS) is 10.6. The number of hydrogen-bond donors (Lipinski definition) is 2. The third kappa shape index (κ3) is 4.42. The number of rotatable bonds is 8. The minimum absolute atomic E-state index is 0. The summed E-state index contributed by atoms with van der Waals surface area (Å²) in [7, 11) is 0. The van der Waals surface area contributed by atoms with E-state index < -0.39 is 11.7 Å². The maximum atomic E-state index is 12.5. The van der Waals surface area contributed by atoms with Gasteiger partial charge in [0.15, 0.2) is 0 Å². The summed E-state index contributed by atoms with van der Waals surface area (Å²) in [6.45, 7) is 6.01. The Hall–Kier alpha value is -0.968. The molecular weight excluding hydrogens is 537 g/mol. The molecule has 2 heterocycles. The number of primary amides is 1. The van der Waals surface area contributed by atoms with Crippen molar-refractivity contribution in [2.24, 2.45) is 5.73 Å².